The summed E-state index contributed by atoms with van der Waals surface area (Å²) in [7, 11) is 0. The van der Waals surface area contributed by atoms with Crippen molar-refractivity contribution in [2.75, 3.05) is 26.2 Å². The molecule has 1 saturated heterocycles. The maximum absolute atomic E-state index is 12.6. The topological polar surface area (TPSA) is 45.2 Å². The quantitative estimate of drug-likeness (QED) is 0.896. The summed E-state index contributed by atoms with van der Waals surface area (Å²) in [5.74, 6) is 0.751. The summed E-state index contributed by atoms with van der Waals surface area (Å²) >= 11 is 0. The van der Waals surface area contributed by atoms with Crippen LogP contribution in [-0.2, 0) is 0 Å². The number of carbonyl (C=O) groups excluding carboxylic acids is 1. The van der Waals surface area contributed by atoms with Crippen LogP contribution in [0.1, 0.15) is 30.3 Å². The van der Waals surface area contributed by atoms with Gasteiger partial charge < -0.3 is 10.2 Å². The predicted molar refractivity (Wildman–Crippen MR) is 103 cm³/mol. The Morgan fingerprint density at radius 3 is 2.58 bits per heavy atom. The minimum absolute atomic E-state index is 0. The van der Waals surface area contributed by atoms with Crippen molar-refractivity contribution in [1.82, 2.24) is 15.2 Å². The molecule has 0 spiro atoms. The second kappa shape index (κ2) is 9.82. The minimum Gasteiger partial charge on any atom is -0.337 e. The highest BCUT2D eigenvalue weighted by atomic mass is 35.5. The number of fused-ring (bicyclic) bond motifs is 1. The maximum Gasteiger partial charge on any atom is 0.272 e. The van der Waals surface area contributed by atoms with Gasteiger partial charge in [-0.25, -0.2) is 4.98 Å². The molecule has 0 atom stereocenters. The Balaban J connectivity index is 0.00000144. The molecule has 1 aliphatic heterocycles. The molecule has 3 rings (SSSR count). The molecule has 1 amide bonds. The number of amides is 1. The van der Waals surface area contributed by atoms with Crippen LogP contribution in [-0.4, -0.2) is 42.0 Å². The van der Waals surface area contributed by atoms with Crippen molar-refractivity contribution in [2.45, 2.75) is 19.8 Å². The first-order chi connectivity index (χ1) is 10.8. The Kier molecular flexibility index (Phi) is 8.46. The molecule has 1 N–H and O–H groups in total. The highest BCUT2D eigenvalue weighted by Crippen LogP contribution is 2.19. The lowest BCUT2D eigenvalue weighted by Crippen LogP contribution is -2.41. The van der Waals surface area contributed by atoms with E-state index in [0.717, 1.165) is 49.9 Å². The van der Waals surface area contributed by atoms with Crippen LogP contribution in [0.3, 0.4) is 0 Å². The van der Waals surface area contributed by atoms with Crippen molar-refractivity contribution >= 4 is 41.6 Å². The molecule has 2 heterocycles. The molecule has 2 aromatic rings. The van der Waals surface area contributed by atoms with E-state index >= 15 is 0 Å². The molecule has 1 aromatic heterocycles. The molecule has 1 aromatic carbocycles. The largest absolute Gasteiger partial charge is 0.337 e. The Labute approximate surface area is 155 Å². The van der Waals surface area contributed by atoms with Crippen LogP contribution < -0.4 is 5.32 Å². The lowest BCUT2D eigenvalue weighted by atomic mass is 9.96. The third-order valence-electron chi connectivity index (χ3n) is 4.40. The predicted octanol–water partition coefficient (Wildman–Crippen LogP) is 3.54. The van der Waals surface area contributed by atoms with Gasteiger partial charge in [0.25, 0.3) is 5.91 Å². The number of likely N-dealkylation sites (tertiary alicyclic amines) is 1. The first-order valence-electron chi connectivity index (χ1n) is 8.13. The van der Waals surface area contributed by atoms with E-state index in [1.165, 1.54) is 0 Å². The van der Waals surface area contributed by atoms with Gasteiger partial charge in [0.15, 0.2) is 0 Å². The Bertz CT molecular complexity index is 658. The molecule has 0 aliphatic carbocycles. The van der Waals surface area contributed by atoms with Gasteiger partial charge in [-0.15, -0.1) is 24.8 Å². The van der Waals surface area contributed by atoms with Crippen LogP contribution in [0, 0.1) is 5.92 Å². The molecule has 0 unspecified atom stereocenters. The molecule has 24 heavy (non-hydrogen) atoms. The summed E-state index contributed by atoms with van der Waals surface area (Å²) in [5, 5.41) is 4.47. The number of hydrogen-bond acceptors (Lipinski definition) is 3. The molecule has 6 heteroatoms. The number of carbonyl (C=O) groups is 1. The first kappa shape index (κ1) is 20.7. The zero-order chi connectivity index (χ0) is 15.4. The number of halogens is 2. The second-order valence-electron chi connectivity index (χ2n) is 5.93. The number of nitrogens with zero attached hydrogens (tertiary/aromatic N) is 2. The van der Waals surface area contributed by atoms with Gasteiger partial charge in [-0.05, 0) is 44.0 Å². The van der Waals surface area contributed by atoms with Gasteiger partial charge in [0, 0.05) is 18.5 Å². The molecular weight excluding hydrogens is 345 g/mol. The summed E-state index contributed by atoms with van der Waals surface area (Å²) in [6, 6.07) is 11.7. The Morgan fingerprint density at radius 1 is 1.17 bits per heavy atom. The van der Waals surface area contributed by atoms with Gasteiger partial charge >= 0.3 is 0 Å². The van der Waals surface area contributed by atoms with Crippen LogP contribution in [0.15, 0.2) is 36.4 Å². The van der Waals surface area contributed by atoms with E-state index in [9.17, 15) is 4.79 Å². The zero-order valence-electron chi connectivity index (χ0n) is 13.9. The fraction of sp³-hybridized carbons (Fsp3) is 0.444. The third-order valence-corrected chi connectivity index (χ3v) is 4.40. The van der Waals surface area contributed by atoms with E-state index in [-0.39, 0.29) is 30.7 Å². The number of rotatable bonds is 4. The van der Waals surface area contributed by atoms with E-state index in [0.29, 0.717) is 11.6 Å². The van der Waals surface area contributed by atoms with E-state index in [1.807, 2.05) is 41.3 Å². The Hall–Kier alpha value is -1.36. The van der Waals surface area contributed by atoms with Crippen molar-refractivity contribution in [1.29, 1.82) is 0 Å². The highest BCUT2D eigenvalue weighted by Gasteiger charge is 2.24. The SMILES string of the molecule is CCNCC1CCN(C(=O)c2ccc3ccccc3n2)CC1.Cl.Cl. The van der Waals surface area contributed by atoms with Crippen LogP contribution >= 0.6 is 24.8 Å². The van der Waals surface area contributed by atoms with Gasteiger partial charge in [-0.3, -0.25) is 4.79 Å². The molecule has 1 fully saturated rings. The molecule has 1 aliphatic rings. The van der Waals surface area contributed by atoms with E-state index in [4.69, 9.17) is 0 Å². The lowest BCUT2D eigenvalue weighted by molar-refractivity contribution is 0.0685. The number of nitrogens with one attached hydrogen (secondary N) is 1. The normalized spacial score (nSPS) is 14.8. The van der Waals surface area contributed by atoms with Gasteiger partial charge in [-0.2, -0.15) is 0 Å². The molecule has 0 radical (unpaired) electrons. The highest BCUT2D eigenvalue weighted by molar-refractivity contribution is 5.94. The molecule has 0 saturated carbocycles. The van der Waals surface area contributed by atoms with Crippen molar-refractivity contribution in [2.24, 2.45) is 5.92 Å². The molecular formula is C18H25Cl2N3O. The first-order valence-corrected chi connectivity index (χ1v) is 8.13. The van der Waals surface area contributed by atoms with Crippen molar-refractivity contribution in [3.8, 4) is 0 Å². The molecule has 4 nitrogen and oxygen atoms in total. The van der Waals surface area contributed by atoms with Crippen LogP contribution in [0.25, 0.3) is 10.9 Å². The minimum atomic E-state index is 0. The maximum atomic E-state index is 12.6. The average molecular weight is 370 g/mol. The zero-order valence-corrected chi connectivity index (χ0v) is 15.5. The van der Waals surface area contributed by atoms with Crippen molar-refractivity contribution in [3.05, 3.63) is 42.1 Å². The van der Waals surface area contributed by atoms with Crippen LogP contribution in [0.2, 0.25) is 0 Å². The number of piperidine rings is 1. The number of para-hydroxylation sites is 1. The standard InChI is InChI=1S/C18H23N3O.2ClH/c1-2-19-13-14-9-11-21(12-10-14)18(22)17-8-7-15-5-3-4-6-16(15)20-17;;/h3-8,14,19H,2,9-13H2,1H3;2*1H. The monoisotopic (exact) mass is 369 g/mol. The number of benzene rings is 1. The van der Waals surface area contributed by atoms with Gasteiger partial charge in [0.1, 0.15) is 5.69 Å². The fourth-order valence-corrected chi connectivity index (χ4v) is 3.04. The lowest BCUT2D eigenvalue weighted by Gasteiger charge is -2.32. The Morgan fingerprint density at radius 2 is 1.88 bits per heavy atom. The van der Waals surface area contributed by atoms with Gasteiger partial charge in [0.05, 0.1) is 5.52 Å². The van der Waals surface area contributed by atoms with Gasteiger partial charge in [-0.1, -0.05) is 31.2 Å². The number of aromatic nitrogens is 1. The third kappa shape index (κ3) is 4.82. The second-order valence-corrected chi connectivity index (χ2v) is 5.93. The van der Waals surface area contributed by atoms with Crippen LogP contribution in [0.5, 0.6) is 0 Å². The van der Waals surface area contributed by atoms with Gasteiger partial charge in [0.2, 0.25) is 0 Å². The van der Waals surface area contributed by atoms with E-state index < -0.39 is 0 Å². The fourth-order valence-electron chi connectivity index (χ4n) is 3.04. The molecule has 132 valence electrons. The summed E-state index contributed by atoms with van der Waals surface area (Å²) in [6.45, 7) is 5.88. The van der Waals surface area contributed by atoms with Crippen LogP contribution in [0.4, 0.5) is 0 Å². The average Bonchev–Trinajstić information content (AvgIpc) is 2.59. The summed E-state index contributed by atoms with van der Waals surface area (Å²) in [4.78, 5) is 19.1. The summed E-state index contributed by atoms with van der Waals surface area (Å²) < 4.78 is 0. The van der Waals surface area contributed by atoms with Crippen molar-refractivity contribution in [3.63, 3.8) is 0 Å². The van der Waals surface area contributed by atoms with E-state index in [2.05, 4.69) is 17.2 Å². The number of hydrogen-bond donors (Lipinski definition) is 1. The summed E-state index contributed by atoms with van der Waals surface area (Å²) in [5.41, 5.74) is 1.44. The molecule has 0 bridgehead atoms. The smallest absolute Gasteiger partial charge is 0.272 e. The number of pyridine rings is 1. The van der Waals surface area contributed by atoms with Crippen molar-refractivity contribution < 1.29 is 4.79 Å². The summed E-state index contributed by atoms with van der Waals surface area (Å²) in [6.07, 6.45) is 2.15. The van der Waals surface area contributed by atoms with E-state index in [1.54, 1.807) is 0 Å².